The van der Waals surface area contributed by atoms with Crippen LogP contribution in [-0.4, -0.2) is 25.0 Å². The topological polar surface area (TPSA) is 58.6 Å². The molecular weight excluding hydrogens is 376 g/mol. The third kappa shape index (κ3) is 3.72. The molecule has 1 heterocycles. The van der Waals surface area contributed by atoms with Crippen LogP contribution >= 0.6 is 11.6 Å². The molecule has 2 aromatic rings. The molecule has 1 fully saturated rings. The summed E-state index contributed by atoms with van der Waals surface area (Å²) in [5, 5.41) is 3.85. The molecule has 5 nitrogen and oxygen atoms in total. The number of para-hydroxylation sites is 2. The monoisotopic (exact) mass is 398 g/mol. The third-order valence-electron chi connectivity index (χ3n) is 5.58. The first kappa shape index (κ1) is 18.8. The molecular formula is C22H23ClN2O3. The van der Waals surface area contributed by atoms with Crippen molar-refractivity contribution in [2.24, 2.45) is 0 Å². The molecule has 0 atom stereocenters. The Balaban J connectivity index is 1.37. The molecule has 1 aliphatic heterocycles. The van der Waals surface area contributed by atoms with E-state index in [2.05, 4.69) is 5.32 Å². The maximum absolute atomic E-state index is 12.7. The minimum Gasteiger partial charge on any atom is -0.490 e. The molecule has 1 aliphatic carbocycles. The van der Waals surface area contributed by atoms with Crippen LogP contribution < -0.4 is 15.0 Å². The second-order valence-corrected chi connectivity index (χ2v) is 7.79. The second kappa shape index (κ2) is 7.84. The van der Waals surface area contributed by atoms with Gasteiger partial charge in [0, 0.05) is 17.9 Å². The van der Waals surface area contributed by atoms with Gasteiger partial charge < -0.3 is 15.0 Å². The number of rotatable bonds is 5. The van der Waals surface area contributed by atoms with Crippen molar-refractivity contribution in [1.29, 1.82) is 0 Å². The van der Waals surface area contributed by atoms with Gasteiger partial charge in [-0.25, -0.2) is 0 Å². The minimum absolute atomic E-state index is 0.0555. The maximum Gasteiger partial charge on any atom is 0.227 e. The summed E-state index contributed by atoms with van der Waals surface area (Å²) < 4.78 is 5.59. The van der Waals surface area contributed by atoms with Gasteiger partial charge in [0.1, 0.15) is 12.4 Å². The number of nitrogens with zero attached hydrogens (tertiary/aromatic N) is 1. The summed E-state index contributed by atoms with van der Waals surface area (Å²) in [6.45, 7) is 0.973. The van der Waals surface area contributed by atoms with E-state index in [4.69, 9.17) is 16.3 Å². The van der Waals surface area contributed by atoms with Crippen molar-refractivity contribution in [3.63, 3.8) is 0 Å². The Labute approximate surface area is 169 Å². The summed E-state index contributed by atoms with van der Waals surface area (Å²) >= 11 is 5.98. The van der Waals surface area contributed by atoms with Gasteiger partial charge in [0.25, 0.3) is 0 Å². The summed E-state index contributed by atoms with van der Waals surface area (Å²) in [7, 11) is 0. The quantitative estimate of drug-likeness (QED) is 0.826. The van der Waals surface area contributed by atoms with Crippen molar-refractivity contribution in [2.75, 3.05) is 18.1 Å². The highest BCUT2D eigenvalue weighted by Crippen LogP contribution is 2.41. The molecule has 4 rings (SSSR count). The summed E-state index contributed by atoms with van der Waals surface area (Å²) in [4.78, 5) is 27.0. The fraction of sp³-hybridized carbons (Fsp3) is 0.364. The number of benzene rings is 2. The number of hydrogen-bond donors (Lipinski definition) is 1. The predicted octanol–water partition coefficient (Wildman–Crippen LogP) is 4.04. The number of amides is 2. The van der Waals surface area contributed by atoms with E-state index in [1.54, 1.807) is 4.90 Å². The largest absolute Gasteiger partial charge is 0.490 e. The lowest BCUT2D eigenvalue weighted by atomic mass is 9.71. The van der Waals surface area contributed by atoms with Gasteiger partial charge in [-0.1, -0.05) is 35.9 Å². The van der Waals surface area contributed by atoms with Crippen molar-refractivity contribution in [3.05, 3.63) is 59.1 Å². The van der Waals surface area contributed by atoms with Crippen LogP contribution in [0.3, 0.4) is 0 Å². The van der Waals surface area contributed by atoms with Crippen molar-refractivity contribution in [1.82, 2.24) is 5.32 Å². The number of ether oxygens (including phenoxy) is 1. The molecule has 0 spiro atoms. The van der Waals surface area contributed by atoms with E-state index >= 15 is 0 Å². The molecule has 2 amide bonds. The first-order valence-corrected chi connectivity index (χ1v) is 10.0. The Bertz CT molecular complexity index is 878. The number of halogens is 1. The zero-order valence-electron chi connectivity index (χ0n) is 15.6. The summed E-state index contributed by atoms with van der Waals surface area (Å²) in [6.07, 6.45) is 3.24. The zero-order chi connectivity index (χ0) is 19.6. The van der Waals surface area contributed by atoms with Gasteiger partial charge in [0.2, 0.25) is 11.8 Å². The van der Waals surface area contributed by atoms with E-state index in [0.717, 1.165) is 30.5 Å². The maximum atomic E-state index is 12.7. The smallest absolute Gasteiger partial charge is 0.227 e. The standard InChI is InChI=1S/C22H23ClN2O3/c23-17-8-6-16(7-9-17)22(12-3-13-22)24-20(26)10-11-21(27)25-14-15-28-19-5-2-1-4-18(19)25/h1-2,4-9H,3,10-15H2,(H,24,26). The lowest BCUT2D eigenvalue weighted by Gasteiger charge is -2.43. The molecule has 0 aromatic heterocycles. The number of nitrogens with one attached hydrogen (secondary N) is 1. The Morgan fingerprint density at radius 1 is 1.07 bits per heavy atom. The highest BCUT2D eigenvalue weighted by Gasteiger charge is 2.40. The predicted molar refractivity (Wildman–Crippen MR) is 109 cm³/mol. The number of fused-ring (bicyclic) bond motifs is 1. The third-order valence-corrected chi connectivity index (χ3v) is 5.83. The Morgan fingerprint density at radius 2 is 1.82 bits per heavy atom. The van der Waals surface area contributed by atoms with Gasteiger partial charge >= 0.3 is 0 Å². The summed E-state index contributed by atoms with van der Waals surface area (Å²) in [5.74, 6) is 0.562. The van der Waals surface area contributed by atoms with E-state index in [1.165, 1.54) is 0 Å². The second-order valence-electron chi connectivity index (χ2n) is 7.35. The molecule has 0 radical (unpaired) electrons. The fourth-order valence-electron chi connectivity index (χ4n) is 3.90. The van der Waals surface area contributed by atoms with Crippen LogP contribution in [0.1, 0.15) is 37.7 Å². The number of anilines is 1. The average molecular weight is 399 g/mol. The fourth-order valence-corrected chi connectivity index (χ4v) is 4.02. The molecule has 2 aliphatic rings. The lowest BCUT2D eigenvalue weighted by molar-refractivity contribution is -0.127. The van der Waals surface area contributed by atoms with Crippen LogP contribution in [0.4, 0.5) is 5.69 Å². The molecule has 28 heavy (non-hydrogen) atoms. The van der Waals surface area contributed by atoms with Crippen molar-refractivity contribution < 1.29 is 14.3 Å². The van der Waals surface area contributed by atoms with Crippen molar-refractivity contribution in [3.8, 4) is 5.75 Å². The highest BCUT2D eigenvalue weighted by molar-refractivity contribution is 6.30. The molecule has 0 saturated heterocycles. The van der Waals surface area contributed by atoms with Gasteiger partial charge in [-0.05, 0) is 49.1 Å². The highest BCUT2D eigenvalue weighted by atomic mass is 35.5. The molecule has 6 heteroatoms. The number of carbonyl (C=O) groups excluding carboxylic acids is 2. The Morgan fingerprint density at radius 3 is 2.54 bits per heavy atom. The van der Waals surface area contributed by atoms with E-state index in [9.17, 15) is 9.59 Å². The first-order valence-electron chi connectivity index (χ1n) is 9.67. The number of carbonyl (C=O) groups is 2. The average Bonchev–Trinajstić information content (AvgIpc) is 2.69. The van der Waals surface area contributed by atoms with Crippen molar-refractivity contribution >= 4 is 29.1 Å². The molecule has 0 unspecified atom stereocenters. The normalized spacial score (nSPS) is 17.1. The van der Waals surface area contributed by atoms with E-state index < -0.39 is 0 Å². The van der Waals surface area contributed by atoms with E-state index in [1.807, 2.05) is 48.5 Å². The SMILES string of the molecule is O=C(CCC(=O)N1CCOc2ccccc21)NC1(c2ccc(Cl)cc2)CCC1. The molecule has 146 valence electrons. The van der Waals surface area contributed by atoms with Crippen LogP contribution in [0, 0.1) is 0 Å². The summed E-state index contributed by atoms with van der Waals surface area (Å²) in [5.41, 5.74) is 1.52. The van der Waals surface area contributed by atoms with Crippen LogP contribution in [0.5, 0.6) is 5.75 Å². The Hall–Kier alpha value is -2.53. The molecule has 1 N–H and O–H groups in total. The van der Waals surface area contributed by atoms with Gasteiger partial charge in [-0.3, -0.25) is 9.59 Å². The first-order chi connectivity index (χ1) is 13.6. The van der Waals surface area contributed by atoms with Crippen LogP contribution in [0.15, 0.2) is 48.5 Å². The number of hydrogen-bond acceptors (Lipinski definition) is 3. The van der Waals surface area contributed by atoms with Gasteiger partial charge in [-0.2, -0.15) is 0 Å². The van der Waals surface area contributed by atoms with E-state index in [0.29, 0.717) is 23.9 Å². The van der Waals surface area contributed by atoms with Gasteiger partial charge in [0.05, 0.1) is 17.8 Å². The van der Waals surface area contributed by atoms with Gasteiger partial charge in [0.15, 0.2) is 0 Å². The van der Waals surface area contributed by atoms with Crippen molar-refractivity contribution in [2.45, 2.75) is 37.6 Å². The van der Waals surface area contributed by atoms with Gasteiger partial charge in [-0.15, -0.1) is 0 Å². The van der Waals surface area contributed by atoms with Crippen LogP contribution in [0.2, 0.25) is 5.02 Å². The molecule has 1 saturated carbocycles. The summed E-state index contributed by atoms with van der Waals surface area (Å²) in [6, 6.07) is 15.1. The van der Waals surface area contributed by atoms with E-state index in [-0.39, 0.29) is 30.2 Å². The van der Waals surface area contributed by atoms with Crippen LogP contribution in [0.25, 0.3) is 0 Å². The lowest BCUT2D eigenvalue weighted by Crippen LogP contribution is -2.51. The zero-order valence-corrected chi connectivity index (χ0v) is 16.4. The Kier molecular flexibility index (Phi) is 5.27. The van der Waals surface area contributed by atoms with Crippen LogP contribution in [-0.2, 0) is 15.1 Å². The minimum atomic E-state index is -0.323. The molecule has 2 aromatic carbocycles. The molecule has 0 bridgehead atoms.